The number of nitrogens with two attached hydrogens (primary N) is 1. The molecule has 0 atom stereocenters. The first kappa shape index (κ1) is 10.8. The van der Waals surface area contributed by atoms with Gasteiger partial charge < -0.3 is 20.1 Å². The predicted molar refractivity (Wildman–Crippen MR) is 62.3 cm³/mol. The highest BCUT2D eigenvalue weighted by Gasteiger charge is 2.13. The van der Waals surface area contributed by atoms with E-state index in [0.29, 0.717) is 21.5 Å². The summed E-state index contributed by atoms with van der Waals surface area (Å²) in [6.07, 6.45) is 0. The van der Waals surface area contributed by atoms with Gasteiger partial charge in [0, 0.05) is 11.6 Å². The van der Waals surface area contributed by atoms with Crippen molar-refractivity contribution in [2.75, 3.05) is 12.8 Å². The Bertz CT molecular complexity index is 525. The van der Waals surface area contributed by atoms with E-state index in [4.69, 9.17) is 15.0 Å². The molecule has 0 amide bonds. The average molecular weight is 285 g/mol. The molecule has 16 heavy (non-hydrogen) atoms. The minimum Gasteiger partial charge on any atom is -0.507 e. The first-order valence-corrected chi connectivity index (χ1v) is 5.20. The summed E-state index contributed by atoms with van der Waals surface area (Å²) in [6.45, 7) is 0. The van der Waals surface area contributed by atoms with Crippen molar-refractivity contribution in [3.05, 3.63) is 22.7 Å². The summed E-state index contributed by atoms with van der Waals surface area (Å²) in [4.78, 5) is 0. The Balaban J connectivity index is 2.56. The van der Waals surface area contributed by atoms with Crippen LogP contribution in [-0.2, 0) is 0 Å². The van der Waals surface area contributed by atoms with Crippen molar-refractivity contribution in [3.63, 3.8) is 0 Å². The Morgan fingerprint density at radius 2 is 2.19 bits per heavy atom. The van der Waals surface area contributed by atoms with Crippen LogP contribution >= 0.6 is 15.9 Å². The third-order valence-electron chi connectivity index (χ3n) is 2.07. The number of methoxy groups -OCH3 is 1. The lowest BCUT2D eigenvalue weighted by atomic mass is 10.1. The van der Waals surface area contributed by atoms with Crippen molar-refractivity contribution < 1.29 is 14.4 Å². The molecule has 0 saturated carbocycles. The van der Waals surface area contributed by atoms with E-state index in [9.17, 15) is 5.11 Å². The Morgan fingerprint density at radius 1 is 1.44 bits per heavy atom. The van der Waals surface area contributed by atoms with Gasteiger partial charge in [0.2, 0.25) is 5.88 Å². The van der Waals surface area contributed by atoms with Gasteiger partial charge in [0.1, 0.15) is 17.2 Å². The fourth-order valence-corrected chi connectivity index (χ4v) is 1.81. The summed E-state index contributed by atoms with van der Waals surface area (Å²) in [7, 11) is 1.54. The van der Waals surface area contributed by atoms with Gasteiger partial charge in [0.15, 0.2) is 0 Å². The van der Waals surface area contributed by atoms with Crippen molar-refractivity contribution in [2.45, 2.75) is 0 Å². The maximum atomic E-state index is 9.77. The Morgan fingerprint density at radius 3 is 2.75 bits per heavy atom. The van der Waals surface area contributed by atoms with Crippen LogP contribution in [0.15, 0.2) is 27.2 Å². The van der Waals surface area contributed by atoms with E-state index in [-0.39, 0.29) is 11.6 Å². The molecular formula is C10H9BrN2O3. The fourth-order valence-electron chi connectivity index (χ4n) is 1.32. The Hall–Kier alpha value is -1.69. The zero-order valence-electron chi connectivity index (χ0n) is 8.40. The number of phenolic OH excluding ortho intramolecular Hbond substituents is 1. The number of phenols is 1. The molecule has 6 heteroatoms. The lowest BCUT2D eigenvalue weighted by Crippen LogP contribution is -1.87. The molecule has 1 heterocycles. The van der Waals surface area contributed by atoms with Gasteiger partial charge in [0.25, 0.3) is 0 Å². The molecule has 1 aromatic carbocycles. The molecule has 84 valence electrons. The van der Waals surface area contributed by atoms with E-state index in [0.717, 1.165) is 0 Å². The second-order valence-electron chi connectivity index (χ2n) is 3.12. The van der Waals surface area contributed by atoms with Crippen molar-refractivity contribution in [1.29, 1.82) is 0 Å². The molecular weight excluding hydrogens is 276 g/mol. The van der Waals surface area contributed by atoms with Crippen molar-refractivity contribution in [1.82, 2.24) is 5.16 Å². The summed E-state index contributed by atoms with van der Waals surface area (Å²) < 4.78 is 10.5. The Kier molecular flexibility index (Phi) is 2.74. The second kappa shape index (κ2) is 4.05. The van der Waals surface area contributed by atoms with E-state index >= 15 is 0 Å². The summed E-state index contributed by atoms with van der Waals surface area (Å²) in [5.74, 6) is 0.853. The van der Waals surface area contributed by atoms with Crippen molar-refractivity contribution >= 4 is 21.8 Å². The molecule has 2 rings (SSSR count). The highest BCUT2D eigenvalue weighted by molar-refractivity contribution is 9.10. The quantitative estimate of drug-likeness (QED) is 0.885. The third-order valence-corrected chi connectivity index (χ3v) is 2.69. The SMILES string of the molecule is COc1cc(-c2cc(N)on2)c(O)cc1Br. The molecule has 5 nitrogen and oxygen atoms in total. The molecule has 0 fully saturated rings. The van der Waals surface area contributed by atoms with E-state index in [1.165, 1.54) is 19.2 Å². The number of hydrogen-bond donors (Lipinski definition) is 2. The summed E-state index contributed by atoms with van der Waals surface area (Å²) >= 11 is 3.27. The zero-order valence-corrected chi connectivity index (χ0v) is 9.98. The summed E-state index contributed by atoms with van der Waals surface area (Å²) in [6, 6.07) is 4.71. The maximum absolute atomic E-state index is 9.77. The van der Waals surface area contributed by atoms with Gasteiger partial charge in [-0.2, -0.15) is 0 Å². The van der Waals surface area contributed by atoms with Gasteiger partial charge in [-0.05, 0) is 28.1 Å². The molecule has 3 N–H and O–H groups in total. The first-order valence-electron chi connectivity index (χ1n) is 4.41. The smallest absolute Gasteiger partial charge is 0.222 e. The van der Waals surface area contributed by atoms with Crippen molar-refractivity contribution in [2.24, 2.45) is 0 Å². The molecule has 0 aliphatic heterocycles. The van der Waals surface area contributed by atoms with Crippen LogP contribution in [0.4, 0.5) is 5.88 Å². The molecule has 0 aliphatic rings. The van der Waals surface area contributed by atoms with Crippen LogP contribution in [0.3, 0.4) is 0 Å². The highest BCUT2D eigenvalue weighted by Crippen LogP contribution is 2.37. The second-order valence-corrected chi connectivity index (χ2v) is 3.97. The lowest BCUT2D eigenvalue weighted by molar-refractivity contribution is 0.409. The summed E-state index contributed by atoms with van der Waals surface area (Å²) in [5, 5.41) is 13.5. The average Bonchev–Trinajstić information content (AvgIpc) is 2.65. The molecule has 0 aliphatic carbocycles. The number of ether oxygens (including phenoxy) is 1. The van der Waals surface area contributed by atoms with Crippen LogP contribution in [-0.4, -0.2) is 17.4 Å². The topological polar surface area (TPSA) is 81.5 Å². The van der Waals surface area contributed by atoms with Gasteiger partial charge >= 0.3 is 0 Å². The number of benzene rings is 1. The molecule has 0 unspecified atom stereocenters. The maximum Gasteiger partial charge on any atom is 0.222 e. The standard InChI is InChI=1S/C10H9BrN2O3/c1-15-9-2-5(8(14)3-6(9)11)7-4-10(12)16-13-7/h2-4,14H,12H2,1H3. The van der Waals surface area contributed by atoms with Crippen LogP contribution < -0.4 is 10.5 Å². The zero-order chi connectivity index (χ0) is 11.7. The fraction of sp³-hybridized carbons (Fsp3) is 0.100. The molecule has 0 radical (unpaired) electrons. The number of nitrogens with zero attached hydrogens (tertiary/aromatic N) is 1. The predicted octanol–water partition coefficient (Wildman–Crippen LogP) is 2.40. The monoisotopic (exact) mass is 284 g/mol. The van der Waals surface area contributed by atoms with Gasteiger partial charge in [-0.3, -0.25) is 0 Å². The van der Waals surface area contributed by atoms with Crippen LogP contribution in [0.5, 0.6) is 11.5 Å². The largest absolute Gasteiger partial charge is 0.507 e. The molecule has 0 spiro atoms. The normalized spacial score (nSPS) is 10.4. The number of aromatic hydroxyl groups is 1. The minimum absolute atomic E-state index is 0.0703. The van der Waals surface area contributed by atoms with Crippen LogP contribution in [0, 0.1) is 0 Å². The first-order chi connectivity index (χ1) is 7.61. The van der Waals surface area contributed by atoms with Gasteiger partial charge in [0.05, 0.1) is 11.6 Å². The summed E-state index contributed by atoms with van der Waals surface area (Å²) in [5.41, 5.74) is 6.37. The number of aromatic nitrogens is 1. The highest BCUT2D eigenvalue weighted by atomic mass is 79.9. The minimum atomic E-state index is 0.0703. The molecule has 1 aromatic heterocycles. The number of nitrogen functional groups attached to an aromatic ring is 1. The molecule has 0 bridgehead atoms. The number of hydrogen-bond acceptors (Lipinski definition) is 5. The number of rotatable bonds is 2. The number of halogens is 1. The molecule has 2 aromatic rings. The van der Waals surface area contributed by atoms with Gasteiger partial charge in [-0.15, -0.1) is 0 Å². The van der Waals surface area contributed by atoms with Gasteiger partial charge in [-0.25, -0.2) is 0 Å². The van der Waals surface area contributed by atoms with Crippen LogP contribution in [0.1, 0.15) is 0 Å². The van der Waals surface area contributed by atoms with E-state index < -0.39 is 0 Å². The number of anilines is 1. The van der Waals surface area contributed by atoms with E-state index in [2.05, 4.69) is 21.1 Å². The lowest BCUT2D eigenvalue weighted by Gasteiger charge is -2.06. The van der Waals surface area contributed by atoms with Crippen molar-refractivity contribution in [3.8, 4) is 22.8 Å². The third kappa shape index (κ3) is 1.83. The van der Waals surface area contributed by atoms with Crippen LogP contribution in [0.25, 0.3) is 11.3 Å². The van der Waals surface area contributed by atoms with E-state index in [1.54, 1.807) is 6.07 Å². The Labute approximate surface area is 99.9 Å². The molecule has 0 saturated heterocycles. The van der Waals surface area contributed by atoms with Gasteiger partial charge in [-0.1, -0.05) is 5.16 Å². The van der Waals surface area contributed by atoms with E-state index in [1.807, 2.05) is 0 Å². The van der Waals surface area contributed by atoms with Crippen LogP contribution in [0.2, 0.25) is 0 Å².